The number of rotatable bonds is 5. The monoisotopic (exact) mass is 910 g/mol. The molecule has 1 aliphatic carbocycles. The van der Waals surface area contributed by atoms with E-state index in [1.54, 1.807) is 0 Å². The minimum Gasteiger partial charge on any atom is -0.512 e. The third-order valence-electron chi connectivity index (χ3n) is 11.8. The first kappa shape index (κ1) is 39.0. The standard InChI is InChI=1S/C49H53N3O2.Pt/c1-29-18-32(4)44(33(5)19-29)34-23-35(46-51-43-14-12-13-17-49(43,11)54-46)25-39(24-34)53-38-21-30(2)20-37(27-38)52-42-16-15-36(47(6,7)8)26-40(42)48(9,10)41-22-31(3)28-50-45(41)52;/h15-16,18-24,26,28,43H,12-14,17H2,1-11H3;/q-2;+2/t43-,49+;/m1./s1. The molecular weight excluding hydrogens is 858 g/mol. The van der Waals surface area contributed by atoms with Gasteiger partial charge in [-0.25, -0.2) is 4.98 Å². The first-order chi connectivity index (χ1) is 25.5. The van der Waals surface area contributed by atoms with E-state index < -0.39 is 0 Å². The maximum absolute atomic E-state index is 6.83. The van der Waals surface area contributed by atoms with Gasteiger partial charge in [0.1, 0.15) is 17.3 Å². The molecule has 0 radical (unpaired) electrons. The van der Waals surface area contributed by atoms with Crippen LogP contribution in [0.3, 0.4) is 0 Å². The summed E-state index contributed by atoms with van der Waals surface area (Å²) in [6.45, 7) is 24.4. The molecule has 1 aromatic heterocycles. The van der Waals surface area contributed by atoms with Gasteiger partial charge in [0.05, 0.1) is 6.04 Å². The molecule has 5 aromatic rings. The molecule has 5 nitrogen and oxygen atoms in total. The molecule has 2 atom stereocenters. The van der Waals surface area contributed by atoms with Gasteiger partial charge in [-0.05, 0) is 105 Å². The van der Waals surface area contributed by atoms with E-state index in [0.29, 0.717) is 17.4 Å². The predicted molar refractivity (Wildman–Crippen MR) is 221 cm³/mol. The third kappa shape index (κ3) is 7.07. The number of aryl methyl sites for hydroxylation is 5. The van der Waals surface area contributed by atoms with Gasteiger partial charge in [0.2, 0.25) is 0 Å². The summed E-state index contributed by atoms with van der Waals surface area (Å²) in [7, 11) is 0. The molecule has 0 unspecified atom stereocenters. The van der Waals surface area contributed by atoms with Gasteiger partial charge < -0.3 is 14.4 Å². The van der Waals surface area contributed by atoms with Gasteiger partial charge in [-0.1, -0.05) is 107 Å². The summed E-state index contributed by atoms with van der Waals surface area (Å²) in [4.78, 5) is 12.5. The molecule has 0 N–H and O–H groups in total. The Morgan fingerprint density at radius 1 is 0.800 bits per heavy atom. The molecule has 4 aromatic carbocycles. The number of benzene rings is 4. The minimum absolute atomic E-state index is 0. The van der Waals surface area contributed by atoms with Crippen LogP contribution in [-0.4, -0.2) is 22.5 Å². The van der Waals surface area contributed by atoms with Gasteiger partial charge in [-0.15, -0.1) is 24.3 Å². The zero-order valence-corrected chi connectivity index (χ0v) is 36.5. The average Bonchev–Trinajstić information content (AvgIpc) is 3.45. The van der Waals surface area contributed by atoms with Crippen LogP contribution in [0.1, 0.15) is 117 Å². The van der Waals surface area contributed by atoms with Crippen LogP contribution in [-0.2, 0) is 36.6 Å². The van der Waals surface area contributed by atoms with E-state index in [-0.39, 0.29) is 43.5 Å². The second-order valence-electron chi connectivity index (χ2n) is 17.9. The number of aromatic nitrogens is 1. The number of aliphatic imine (C=N–C) groups is 1. The van der Waals surface area contributed by atoms with Gasteiger partial charge >= 0.3 is 21.1 Å². The molecule has 6 heteroatoms. The van der Waals surface area contributed by atoms with Crippen molar-refractivity contribution in [2.45, 2.75) is 124 Å². The van der Waals surface area contributed by atoms with Gasteiger partial charge in [-0.2, -0.15) is 5.56 Å². The van der Waals surface area contributed by atoms with E-state index in [9.17, 15) is 0 Å². The Labute approximate surface area is 342 Å². The molecule has 0 saturated heterocycles. The van der Waals surface area contributed by atoms with Crippen LogP contribution in [0.4, 0.5) is 17.2 Å². The van der Waals surface area contributed by atoms with Gasteiger partial charge in [0, 0.05) is 34.4 Å². The molecule has 3 aliphatic rings. The second kappa shape index (κ2) is 14.1. The van der Waals surface area contributed by atoms with E-state index in [2.05, 4.69) is 148 Å². The second-order valence-corrected chi connectivity index (χ2v) is 17.9. The molecule has 1 saturated carbocycles. The number of fused-ring (bicyclic) bond motifs is 3. The van der Waals surface area contributed by atoms with E-state index >= 15 is 0 Å². The van der Waals surface area contributed by atoms with Crippen LogP contribution in [0.2, 0.25) is 0 Å². The molecule has 0 amide bonds. The average molecular weight is 911 g/mol. The maximum Gasteiger partial charge on any atom is 2.00 e. The molecular formula is C49H53N3O2Pt. The smallest absolute Gasteiger partial charge is 0.512 e. The Kier molecular flexibility index (Phi) is 9.98. The molecule has 55 heavy (non-hydrogen) atoms. The molecule has 2 aliphatic heterocycles. The van der Waals surface area contributed by atoms with Crippen LogP contribution >= 0.6 is 0 Å². The zero-order chi connectivity index (χ0) is 38.3. The summed E-state index contributed by atoms with van der Waals surface area (Å²) in [6.07, 6.45) is 6.37. The quantitative estimate of drug-likeness (QED) is 0.165. The maximum atomic E-state index is 6.83. The summed E-state index contributed by atoms with van der Waals surface area (Å²) >= 11 is 0. The summed E-state index contributed by atoms with van der Waals surface area (Å²) in [5, 5.41) is 0. The number of anilines is 3. The van der Waals surface area contributed by atoms with Crippen LogP contribution in [0.25, 0.3) is 11.1 Å². The Morgan fingerprint density at radius 2 is 1.51 bits per heavy atom. The van der Waals surface area contributed by atoms with Gasteiger partial charge in [0.25, 0.3) is 0 Å². The van der Waals surface area contributed by atoms with Crippen molar-refractivity contribution in [3.05, 3.63) is 129 Å². The number of ether oxygens (including phenoxy) is 2. The molecule has 1 fully saturated rings. The minimum atomic E-state index is -0.275. The van der Waals surface area contributed by atoms with Crippen LogP contribution in [0, 0.1) is 46.8 Å². The van der Waals surface area contributed by atoms with Crippen molar-refractivity contribution >= 4 is 23.1 Å². The first-order valence-corrected chi connectivity index (χ1v) is 19.6. The first-order valence-electron chi connectivity index (χ1n) is 19.6. The zero-order valence-electron chi connectivity index (χ0n) is 34.2. The van der Waals surface area contributed by atoms with E-state index in [1.807, 2.05) is 12.3 Å². The largest absolute Gasteiger partial charge is 2.00 e. The van der Waals surface area contributed by atoms with E-state index in [4.69, 9.17) is 19.5 Å². The van der Waals surface area contributed by atoms with Crippen LogP contribution in [0.15, 0.2) is 71.9 Å². The number of nitrogens with zero attached hydrogens (tertiary/aromatic N) is 3. The molecule has 8 rings (SSSR count). The van der Waals surface area contributed by atoms with Crippen molar-refractivity contribution in [2.75, 3.05) is 4.90 Å². The van der Waals surface area contributed by atoms with E-state index in [1.165, 1.54) is 45.4 Å². The molecule has 3 heterocycles. The Bertz CT molecular complexity index is 2330. The molecule has 286 valence electrons. The predicted octanol–water partition coefficient (Wildman–Crippen LogP) is 12.6. The Balaban J connectivity index is 0.00000465. The van der Waals surface area contributed by atoms with Crippen molar-refractivity contribution in [2.24, 2.45) is 4.99 Å². The topological polar surface area (TPSA) is 47.0 Å². The van der Waals surface area contributed by atoms with E-state index in [0.717, 1.165) is 58.7 Å². The van der Waals surface area contributed by atoms with Crippen molar-refractivity contribution in [1.29, 1.82) is 0 Å². The fraction of sp³-hybridized carbons (Fsp3) is 0.388. The van der Waals surface area contributed by atoms with Gasteiger partial charge in [-0.3, -0.25) is 4.99 Å². The van der Waals surface area contributed by atoms with Crippen molar-refractivity contribution in [3.63, 3.8) is 0 Å². The third-order valence-corrected chi connectivity index (χ3v) is 11.8. The van der Waals surface area contributed by atoms with Crippen molar-refractivity contribution in [1.82, 2.24) is 4.98 Å². The van der Waals surface area contributed by atoms with Crippen LogP contribution in [0.5, 0.6) is 11.5 Å². The summed E-state index contributed by atoms with van der Waals surface area (Å²) in [5.74, 6) is 2.79. The normalized spacial score (nSPS) is 19.7. The van der Waals surface area contributed by atoms with Gasteiger partial charge in [0.15, 0.2) is 0 Å². The fourth-order valence-corrected chi connectivity index (χ4v) is 8.97. The number of hydrogen-bond acceptors (Lipinski definition) is 5. The summed E-state index contributed by atoms with van der Waals surface area (Å²) in [6, 6.07) is 29.6. The van der Waals surface area contributed by atoms with Crippen molar-refractivity contribution < 1.29 is 30.5 Å². The Morgan fingerprint density at radius 3 is 2.22 bits per heavy atom. The van der Waals surface area contributed by atoms with Crippen molar-refractivity contribution in [3.8, 4) is 22.6 Å². The summed E-state index contributed by atoms with van der Waals surface area (Å²) < 4.78 is 13.5. The van der Waals surface area contributed by atoms with Crippen LogP contribution < -0.4 is 9.64 Å². The summed E-state index contributed by atoms with van der Waals surface area (Å²) in [5.41, 5.74) is 14.2. The number of pyridine rings is 1. The molecule has 0 bridgehead atoms. The fourth-order valence-electron chi connectivity index (χ4n) is 8.97. The number of hydrogen-bond donors (Lipinski definition) is 0. The SMILES string of the molecule is Cc1cc(Oc2[c-]c(C3=N[C@@H]4CCCC[C@]4(C)O3)cc(-c3c(C)cc(C)cc3C)c2)[c-]c(N2c3ccc(C(C)(C)C)cc3C(C)(C)c3cc(C)cnc32)c1.[Pt+2]. The Hall–Kier alpha value is -4.21. The molecule has 0 spiro atoms.